The van der Waals surface area contributed by atoms with E-state index < -0.39 is 17.4 Å². The number of carbonyl (C=O) groups is 2. The van der Waals surface area contributed by atoms with Gasteiger partial charge in [0.25, 0.3) is 0 Å². The number of carboxylic acids is 2. The van der Waals surface area contributed by atoms with Crippen molar-refractivity contribution < 1.29 is 19.8 Å². The molecule has 0 aliphatic heterocycles. The summed E-state index contributed by atoms with van der Waals surface area (Å²) in [5, 5.41) is 17.8. The van der Waals surface area contributed by atoms with Gasteiger partial charge in [-0.1, -0.05) is 18.2 Å². The average molecular weight is 220 g/mol. The van der Waals surface area contributed by atoms with Crippen LogP contribution in [0.5, 0.6) is 0 Å². The van der Waals surface area contributed by atoms with E-state index in [4.69, 9.17) is 10.2 Å². The molecule has 0 aromatic heterocycles. The van der Waals surface area contributed by atoms with Gasteiger partial charge in [-0.25, -0.2) is 9.59 Å². The monoisotopic (exact) mass is 220 g/mol. The van der Waals surface area contributed by atoms with E-state index in [2.05, 4.69) is 13.2 Å². The molecule has 1 aliphatic rings. The molecule has 1 aliphatic carbocycles. The molecule has 0 amide bonds. The van der Waals surface area contributed by atoms with Crippen molar-refractivity contribution in [1.82, 2.24) is 0 Å². The molecule has 2 N–H and O–H groups in total. The Kier molecular flexibility index (Phi) is 3.13. The highest BCUT2D eigenvalue weighted by molar-refractivity contribution is 6.01. The predicted molar refractivity (Wildman–Crippen MR) is 58.9 cm³/mol. The van der Waals surface area contributed by atoms with E-state index in [1.807, 2.05) is 0 Å². The van der Waals surface area contributed by atoms with Crippen LogP contribution in [0.2, 0.25) is 0 Å². The predicted octanol–water partition coefficient (Wildman–Crippen LogP) is 1.77. The molecule has 0 unspecified atom stereocenters. The quantitative estimate of drug-likeness (QED) is 0.708. The summed E-state index contributed by atoms with van der Waals surface area (Å²) in [5.41, 5.74) is -0.992. The van der Waals surface area contributed by atoms with Crippen LogP contribution in [-0.4, -0.2) is 22.2 Å². The van der Waals surface area contributed by atoms with Crippen molar-refractivity contribution in [2.24, 2.45) is 5.41 Å². The average Bonchev–Trinajstić information content (AvgIpc) is 2.27. The molecule has 4 nitrogen and oxygen atoms in total. The molecule has 0 saturated carbocycles. The van der Waals surface area contributed by atoms with Crippen molar-refractivity contribution in [3.63, 3.8) is 0 Å². The van der Waals surface area contributed by atoms with Crippen molar-refractivity contribution in [3.05, 3.63) is 48.6 Å². The number of hydrogen-bond donors (Lipinski definition) is 2. The third kappa shape index (κ3) is 1.95. The number of hydrogen-bond acceptors (Lipinski definition) is 2. The minimum Gasteiger partial charge on any atom is -0.478 e. The van der Waals surface area contributed by atoms with Gasteiger partial charge in [0.1, 0.15) is 0 Å². The first-order valence-electron chi connectivity index (χ1n) is 4.62. The van der Waals surface area contributed by atoms with E-state index in [0.29, 0.717) is 0 Å². The van der Waals surface area contributed by atoms with Crippen LogP contribution >= 0.6 is 0 Å². The lowest BCUT2D eigenvalue weighted by molar-refractivity contribution is -0.136. The van der Waals surface area contributed by atoms with Gasteiger partial charge in [0, 0.05) is 5.41 Å². The van der Waals surface area contributed by atoms with Crippen molar-refractivity contribution in [1.29, 1.82) is 0 Å². The largest absolute Gasteiger partial charge is 0.478 e. The minimum absolute atomic E-state index is 0.0630. The molecule has 0 spiro atoms. The maximum Gasteiger partial charge on any atom is 0.336 e. The Morgan fingerprint density at radius 3 is 2.19 bits per heavy atom. The Labute approximate surface area is 92.9 Å². The first kappa shape index (κ1) is 12.0. The Balaban J connectivity index is 3.27. The summed E-state index contributed by atoms with van der Waals surface area (Å²) >= 11 is 0. The smallest absolute Gasteiger partial charge is 0.336 e. The van der Waals surface area contributed by atoms with Crippen LogP contribution in [0.15, 0.2) is 48.6 Å². The Bertz CT molecular complexity index is 418. The maximum absolute atomic E-state index is 11.0. The highest BCUT2D eigenvalue weighted by atomic mass is 16.4. The van der Waals surface area contributed by atoms with Crippen molar-refractivity contribution in [2.75, 3.05) is 0 Å². The molecule has 84 valence electrons. The molecule has 0 saturated heterocycles. The van der Waals surface area contributed by atoms with Gasteiger partial charge in [0.2, 0.25) is 0 Å². The molecule has 0 atom stereocenters. The summed E-state index contributed by atoms with van der Waals surface area (Å²) in [7, 11) is 0. The standard InChI is InChI=1S/C12H12O4/c1-3-12(4-2)6-5-8(10(13)14)9(7-12)11(15)16/h3-6H,1-2,7H2,(H,13,14)(H,15,16). The second-order valence-corrected chi connectivity index (χ2v) is 3.53. The normalized spacial score (nSPS) is 18.0. The third-order valence-corrected chi connectivity index (χ3v) is 2.62. The number of allylic oxidation sites excluding steroid dienone is 3. The minimum atomic E-state index is -1.24. The van der Waals surface area contributed by atoms with Gasteiger partial charge in [0.05, 0.1) is 11.1 Å². The van der Waals surface area contributed by atoms with Gasteiger partial charge >= 0.3 is 11.9 Å². The lowest BCUT2D eigenvalue weighted by Crippen LogP contribution is -2.22. The molecule has 0 heterocycles. The van der Waals surface area contributed by atoms with Gasteiger partial charge in [-0.05, 0) is 12.5 Å². The lowest BCUT2D eigenvalue weighted by Gasteiger charge is -2.27. The highest BCUT2D eigenvalue weighted by Crippen LogP contribution is 2.36. The number of aliphatic carboxylic acids is 2. The third-order valence-electron chi connectivity index (χ3n) is 2.62. The fourth-order valence-corrected chi connectivity index (χ4v) is 1.55. The van der Waals surface area contributed by atoms with Crippen molar-refractivity contribution in [2.45, 2.75) is 6.42 Å². The summed E-state index contributed by atoms with van der Waals surface area (Å²) in [6.07, 6.45) is 6.06. The van der Waals surface area contributed by atoms with Gasteiger partial charge < -0.3 is 10.2 Å². The van der Waals surface area contributed by atoms with Gasteiger partial charge in [-0.3, -0.25) is 0 Å². The van der Waals surface area contributed by atoms with Crippen LogP contribution in [0.1, 0.15) is 6.42 Å². The topological polar surface area (TPSA) is 74.6 Å². The highest BCUT2D eigenvalue weighted by Gasteiger charge is 2.31. The van der Waals surface area contributed by atoms with Crippen LogP contribution in [-0.2, 0) is 9.59 Å². The Hall–Kier alpha value is -2.10. The maximum atomic E-state index is 11.0. The second-order valence-electron chi connectivity index (χ2n) is 3.53. The molecule has 4 heteroatoms. The molecule has 0 radical (unpaired) electrons. The first-order chi connectivity index (χ1) is 7.45. The lowest BCUT2D eigenvalue weighted by atomic mass is 9.76. The van der Waals surface area contributed by atoms with Crippen LogP contribution in [0.4, 0.5) is 0 Å². The fourth-order valence-electron chi connectivity index (χ4n) is 1.55. The van der Waals surface area contributed by atoms with E-state index in [9.17, 15) is 9.59 Å². The summed E-state index contributed by atoms with van der Waals surface area (Å²) in [4.78, 5) is 21.8. The molecule has 0 aromatic carbocycles. The molecular weight excluding hydrogens is 208 g/mol. The molecular formula is C12H12O4. The van der Waals surface area contributed by atoms with Crippen LogP contribution in [0.25, 0.3) is 0 Å². The summed E-state index contributed by atoms with van der Waals surface area (Å²) < 4.78 is 0. The zero-order valence-electron chi connectivity index (χ0n) is 8.64. The molecule has 0 fully saturated rings. The second kappa shape index (κ2) is 4.18. The van der Waals surface area contributed by atoms with Crippen LogP contribution < -0.4 is 0 Å². The SMILES string of the molecule is C=CC1(C=C)C=CC(C(=O)O)=C(C(=O)O)C1. The van der Waals surface area contributed by atoms with E-state index >= 15 is 0 Å². The summed E-state index contributed by atoms with van der Waals surface area (Å²) in [6.45, 7) is 7.21. The van der Waals surface area contributed by atoms with E-state index in [1.54, 1.807) is 18.2 Å². The molecule has 0 bridgehead atoms. The van der Waals surface area contributed by atoms with Crippen LogP contribution in [0, 0.1) is 5.41 Å². The fraction of sp³-hybridized carbons (Fsp3) is 0.167. The van der Waals surface area contributed by atoms with E-state index in [0.717, 1.165) is 0 Å². The van der Waals surface area contributed by atoms with Gasteiger partial charge in [0.15, 0.2) is 0 Å². The molecule has 16 heavy (non-hydrogen) atoms. The Morgan fingerprint density at radius 2 is 1.81 bits per heavy atom. The van der Waals surface area contributed by atoms with Crippen molar-refractivity contribution in [3.8, 4) is 0 Å². The number of carboxylic acid groups (broad SMARTS) is 2. The molecule has 1 rings (SSSR count). The zero-order chi connectivity index (χ0) is 12.3. The van der Waals surface area contributed by atoms with E-state index in [-0.39, 0.29) is 17.6 Å². The van der Waals surface area contributed by atoms with Crippen LogP contribution in [0.3, 0.4) is 0 Å². The summed E-state index contributed by atoms with van der Waals surface area (Å²) in [5.74, 6) is -2.47. The van der Waals surface area contributed by atoms with E-state index in [1.165, 1.54) is 6.08 Å². The Morgan fingerprint density at radius 1 is 1.25 bits per heavy atom. The zero-order valence-corrected chi connectivity index (χ0v) is 8.64. The molecule has 0 aromatic rings. The van der Waals surface area contributed by atoms with Crippen molar-refractivity contribution >= 4 is 11.9 Å². The summed E-state index contributed by atoms with van der Waals surface area (Å²) in [6, 6.07) is 0. The van der Waals surface area contributed by atoms with Gasteiger partial charge in [-0.2, -0.15) is 0 Å². The van der Waals surface area contributed by atoms with Gasteiger partial charge in [-0.15, -0.1) is 13.2 Å². The number of rotatable bonds is 4. The first-order valence-corrected chi connectivity index (χ1v) is 4.62.